The Balaban J connectivity index is 1.62. The van der Waals surface area contributed by atoms with E-state index in [2.05, 4.69) is 10.3 Å². The number of hydrogen-bond donors (Lipinski definition) is 1. The third kappa shape index (κ3) is 6.76. The summed E-state index contributed by atoms with van der Waals surface area (Å²) in [7, 11) is 0. The molecule has 0 fully saturated rings. The summed E-state index contributed by atoms with van der Waals surface area (Å²) in [5.74, 6) is -0.547. The first kappa shape index (κ1) is 24.6. The van der Waals surface area contributed by atoms with Crippen LogP contribution in [0.3, 0.4) is 0 Å². The van der Waals surface area contributed by atoms with Crippen molar-refractivity contribution in [3.8, 4) is 5.75 Å². The summed E-state index contributed by atoms with van der Waals surface area (Å²) < 4.78 is 19.2. The highest BCUT2D eigenvalue weighted by molar-refractivity contribution is 5.89. The van der Waals surface area contributed by atoms with E-state index in [1.165, 1.54) is 17.0 Å². The van der Waals surface area contributed by atoms with Crippen LogP contribution in [0.4, 0.5) is 4.39 Å². The highest BCUT2D eigenvalue weighted by atomic mass is 19.1. The van der Waals surface area contributed by atoms with Crippen molar-refractivity contribution in [1.29, 1.82) is 0 Å². The molecule has 1 N–H and O–H groups in total. The normalized spacial score (nSPS) is 11.4. The molecule has 0 aliphatic carbocycles. The van der Waals surface area contributed by atoms with Crippen LogP contribution < -0.4 is 10.1 Å². The van der Waals surface area contributed by atoms with E-state index in [0.29, 0.717) is 16.9 Å². The number of nitrogens with one attached hydrogen (secondary N) is 1. The number of pyridine rings is 1. The fourth-order valence-electron chi connectivity index (χ4n) is 3.75. The second kappa shape index (κ2) is 12.3. The van der Waals surface area contributed by atoms with Gasteiger partial charge in [0.05, 0.1) is 0 Å². The summed E-state index contributed by atoms with van der Waals surface area (Å²) >= 11 is 0. The molecule has 1 aromatic heterocycles. The number of benzene rings is 3. The Bertz CT molecular complexity index is 1250. The van der Waals surface area contributed by atoms with Crippen molar-refractivity contribution in [2.24, 2.45) is 0 Å². The van der Waals surface area contributed by atoms with E-state index in [-0.39, 0.29) is 37.3 Å². The van der Waals surface area contributed by atoms with Gasteiger partial charge in [-0.3, -0.25) is 14.6 Å². The molecule has 0 radical (unpaired) electrons. The maximum atomic E-state index is 13.6. The lowest BCUT2D eigenvalue weighted by Crippen LogP contribution is -2.45. The topological polar surface area (TPSA) is 71.5 Å². The molecule has 0 saturated heterocycles. The van der Waals surface area contributed by atoms with Crippen molar-refractivity contribution in [3.05, 3.63) is 132 Å². The lowest BCUT2D eigenvalue weighted by Gasteiger charge is -2.31. The molecule has 0 saturated carbocycles. The van der Waals surface area contributed by atoms with Gasteiger partial charge in [0.2, 0.25) is 5.91 Å². The van der Waals surface area contributed by atoms with Crippen LogP contribution in [0, 0.1) is 5.82 Å². The average molecular weight is 484 g/mol. The molecule has 4 rings (SSSR count). The summed E-state index contributed by atoms with van der Waals surface area (Å²) in [5, 5.41) is 2.94. The summed E-state index contributed by atoms with van der Waals surface area (Å²) in [6, 6.07) is 26.7. The van der Waals surface area contributed by atoms with Crippen LogP contribution in [0.15, 0.2) is 109 Å². The molecule has 182 valence electrons. The van der Waals surface area contributed by atoms with Crippen LogP contribution in [-0.4, -0.2) is 28.3 Å². The van der Waals surface area contributed by atoms with E-state index in [1.807, 2.05) is 48.5 Å². The van der Waals surface area contributed by atoms with Gasteiger partial charge in [-0.05, 0) is 53.1 Å². The third-order valence-electron chi connectivity index (χ3n) is 5.58. The standard InChI is InChI=1S/C29H26FN3O3/c30-25-13-11-23(12-14-25)20-33(27(34)21-36-26-9-5-2-6-10-26)28(24-7-3-1-4-8-24)29(35)32-19-22-15-17-31-18-16-22/h1-18,28H,19-21H2,(H,32,35)/t28-/m0/s1. The molecule has 0 bridgehead atoms. The lowest BCUT2D eigenvalue weighted by molar-refractivity contribution is -0.143. The van der Waals surface area contributed by atoms with E-state index < -0.39 is 6.04 Å². The second-order valence-electron chi connectivity index (χ2n) is 8.14. The minimum atomic E-state index is -0.926. The van der Waals surface area contributed by atoms with Crippen LogP contribution in [0.5, 0.6) is 5.75 Å². The van der Waals surface area contributed by atoms with Crippen molar-refractivity contribution < 1.29 is 18.7 Å². The Labute approximate surface area is 209 Å². The molecule has 1 atom stereocenters. The van der Waals surface area contributed by atoms with Gasteiger partial charge in [0.1, 0.15) is 17.6 Å². The fraction of sp³-hybridized carbons (Fsp3) is 0.138. The Morgan fingerprint density at radius 1 is 0.833 bits per heavy atom. The van der Waals surface area contributed by atoms with Crippen LogP contribution >= 0.6 is 0 Å². The Hall–Kier alpha value is -4.52. The molecular weight excluding hydrogens is 457 g/mol. The minimum absolute atomic E-state index is 0.0967. The van der Waals surface area contributed by atoms with Crippen molar-refractivity contribution in [3.63, 3.8) is 0 Å². The van der Waals surface area contributed by atoms with Gasteiger partial charge in [0.25, 0.3) is 5.91 Å². The largest absolute Gasteiger partial charge is 0.484 e. The summed E-state index contributed by atoms with van der Waals surface area (Å²) in [4.78, 5) is 32.5. The molecule has 0 aliphatic heterocycles. The van der Waals surface area contributed by atoms with E-state index >= 15 is 0 Å². The first-order valence-corrected chi connectivity index (χ1v) is 11.5. The molecule has 3 aromatic carbocycles. The highest BCUT2D eigenvalue weighted by Crippen LogP contribution is 2.25. The number of carbonyl (C=O) groups is 2. The number of hydrogen-bond acceptors (Lipinski definition) is 4. The summed E-state index contributed by atoms with van der Waals surface area (Å²) in [5.41, 5.74) is 2.22. The Morgan fingerprint density at radius 2 is 1.47 bits per heavy atom. The molecule has 4 aromatic rings. The first-order chi connectivity index (χ1) is 17.6. The molecular formula is C29H26FN3O3. The highest BCUT2D eigenvalue weighted by Gasteiger charge is 2.31. The SMILES string of the molecule is O=C(NCc1ccncc1)[C@H](c1ccccc1)N(Cc1ccc(F)cc1)C(=O)COc1ccccc1. The van der Waals surface area contributed by atoms with Gasteiger partial charge in [-0.25, -0.2) is 4.39 Å². The van der Waals surface area contributed by atoms with Gasteiger partial charge in [-0.15, -0.1) is 0 Å². The van der Waals surface area contributed by atoms with E-state index in [0.717, 1.165) is 5.56 Å². The average Bonchev–Trinajstić information content (AvgIpc) is 2.93. The van der Waals surface area contributed by atoms with Crippen molar-refractivity contribution >= 4 is 11.8 Å². The van der Waals surface area contributed by atoms with Crippen LogP contribution in [0.25, 0.3) is 0 Å². The molecule has 0 spiro atoms. The summed E-state index contributed by atoms with van der Waals surface area (Å²) in [6.07, 6.45) is 3.31. The van der Waals surface area contributed by atoms with Crippen LogP contribution in [-0.2, 0) is 22.7 Å². The second-order valence-corrected chi connectivity index (χ2v) is 8.14. The Kier molecular flexibility index (Phi) is 8.38. The molecule has 0 unspecified atom stereocenters. The summed E-state index contributed by atoms with van der Waals surface area (Å²) in [6.45, 7) is 0.120. The number of carbonyl (C=O) groups excluding carboxylic acids is 2. The zero-order chi connectivity index (χ0) is 25.2. The number of para-hydroxylation sites is 1. The van der Waals surface area contributed by atoms with E-state index in [1.54, 1.807) is 48.8 Å². The smallest absolute Gasteiger partial charge is 0.261 e. The van der Waals surface area contributed by atoms with Crippen molar-refractivity contribution in [2.45, 2.75) is 19.1 Å². The number of aromatic nitrogens is 1. The first-order valence-electron chi connectivity index (χ1n) is 11.5. The number of rotatable bonds is 10. The van der Waals surface area contributed by atoms with Gasteiger partial charge in [0, 0.05) is 25.5 Å². The predicted molar refractivity (Wildman–Crippen MR) is 134 cm³/mol. The number of halogens is 1. The maximum absolute atomic E-state index is 13.6. The van der Waals surface area contributed by atoms with Crippen molar-refractivity contribution in [2.75, 3.05) is 6.61 Å². The van der Waals surface area contributed by atoms with Gasteiger partial charge in [-0.1, -0.05) is 60.7 Å². The molecule has 36 heavy (non-hydrogen) atoms. The van der Waals surface area contributed by atoms with Gasteiger partial charge >= 0.3 is 0 Å². The monoisotopic (exact) mass is 483 g/mol. The zero-order valence-electron chi connectivity index (χ0n) is 19.6. The Morgan fingerprint density at radius 3 is 2.14 bits per heavy atom. The van der Waals surface area contributed by atoms with Gasteiger partial charge in [0.15, 0.2) is 6.61 Å². The minimum Gasteiger partial charge on any atom is -0.484 e. The number of nitrogens with zero attached hydrogens (tertiary/aromatic N) is 2. The lowest BCUT2D eigenvalue weighted by atomic mass is 10.0. The quantitative estimate of drug-likeness (QED) is 0.355. The van der Waals surface area contributed by atoms with Gasteiger partial charge in [-0.2, -0.15) is 0 Å². The molecule has 0 aliphatic rings. The predicted octanol–water partition coefficient (Wildman–Crippen LogP) is 4.69. The van der Waals surface area contributed by atoms with Gasteiger partial charge < -0.3 is 15.0 Å². The fourth-order valence-corrected chi connectivity index (χ4v) is 3.75. The third-order valence-corrected chi connectivity index (χ3v) is 5.58. The number of amides is 2. The maximum Gasteiger partial charge on any atom is 0.261 e. The van der Waals surface area contributed by atoms with E-state index in [4.69, 9.17) is 4.74 Å². The molecule has 2 amide bonds. The van der Waals surface area contributed by atoms with E-state index in [9.17, 15) is 14.0 Å². The molecule has 1 heterocycles. The van der Waals surface area contributed by atoms with Crippen LogP contribution in [0.2, 0.25) is 0 Å². The van der Waals surface area contributed by atoms with Crippen molar-refractivity contribution in [1.82, 2.24) is 15.2 Å². The molecule has 6 nitrogen and oxygen atoms in total. The zero-order valence-corrected chi connectivity index (χ0v) is 19.6. The number of ether oxygens (including phenoxy) is 1. The molecule has 7 heteroatoms. The van der Waals surface area contributed by atoms with Crippen LogP contribution in [0.1, 0.15) is 22.7 Å².